The van der Waals surface area contributed by atoms with Gasteiger partial charge in [-0.3, -0.25) is 0 Å². The highest BCUT2D eigenvalue weighted by Crippen LogP contribution is 1.99. The summed E-state index contributed by atoms with van der Waals surface area (Å²) in [5, 5.41) is 3.21. The number of aromatic nitrogens is 1. The molecule has 1 rings (SSSR count). The molecule has 0 amide bonds. The summed E-state index contributed by atoms with van der Waals surface area (Å²) in [6.07, 6.45) is 4.08. The molecule has 0 saturated heterocycles. The first-order valence-corrected chi connectivity index (χ1v) is 3.99. The molecule has 0 bridgehead atoms. The first-order chi connectivity index (χ1) is 5.43. The van der Waals surface area contributed by atoms with Crippen LogP contribution in [0.5, 0.6) is 0 Å². The van der Waals surface area contributed by atoms with Gasteiger partial charge in [-0.25, -0.2) is 4.98 Å². The monoisotopic (exact) mass is 149 g/mol. The Morgan fingerprint density at radius 3 is 3.18 bits per heavy atom. The Kier molecular flexibility index (Phi) is 3.45. The standard InChI is InChI=1S/C9H13N2/c1-2-3-7-10-9-6-4-5-8-11-9/h4,6,8H,2-3,7H2,1H3,(H,10,11). The van der Waals surface area contributed by atoms with E-state index in [0.717, 1.165) is 12.4 Å². The van der Waals surface area contributed by atoms with Crippen molar-refractivity contribution in [1.29, 1.82) is 0 Å². The van der Waals surface area contributed by atoms with E-state index in [1.807, 2.05) is 12.1 Å². The highest BCUT2D eigenvalue weighted by Gasteiger charge is 1.87. The summed E-state index contributed by atoms with van der Waals surface area (Å²) in [5.74, 6) is 0.942. The van der Waals surface area contributed by atoms with Crippen LogP contribution < -0.4 is 5.32 Å². The third-order valence-electron chi connectivity index (χ3n) is 1.45. The molecule has 0 unspecified atom stereocenters. The van der Waals surface area contributed by atoms with E-state index < -0.39 is 0 Å². The number of pyridine rings is 1. The van der Waals surface area contributed by atoms with E-state index >= 15 is 0 Å². The number of unbranched alkanes of at least 4 members (excludes halogenated alkanes) is 1. The zero-order chi connectivity index (χ0) is 7.94. The predicted octanol–water partition coefficient (Wildman–Crippen LogP) is 2.09. The number of nitrogens with one attached hydrogen (secondary N) is 1. The molecule has 2 heteroatoms. The molecule has 1 aromatic heterocycles. The van der Waals surface area contributed by atoms with Crippen LogP contribution in [0.1, 0.15) is 19.8 Å². The average Bonchev–Trinajstić information content (AvgIpc) is 2.07. The molecule has 0 aliphatic carbocycles. The lowest BCUT2D eigenvalue weighted by molar-refractivity contribution is 0.831. The van der Waals surface area contributed by atoms with Gasteiger partial charge in [0, 0.05) is 18.8 Å². The predicted molar refractivity (Wildman–Crippen MR) is 46.5 cm³/mol. The molecule has 0 spiro atoms. The topological polar surface area (TPSA) is 24.9 Å². The van der Waals surface area contributed by atoms with Gasteiger partial charge in [-0.1, -0.05) is 13.3 Å². The second-order valence-corrected chi connectivity index (χ2v) is 2.42. The lowest BCUT2D eigenvalue weighted by Gasteiger charge is -2.01. The number of nitrogens with zero attached hydrogens (tertiary/aromatic N) is 1. The molecule has 1 heterocycles. The molecular weight excluding hydrogens is 136 g/mol. The minimum Gasteiger partial charge on any atom is -0.370 e. The van der Waals surface area contributed by atoms with Crippen LogP contribution in [0.4, 0.5) is 5.82 Å². The molecule has 1 aromatic rings. The maximum absolute atomic E-state index is 4.08. The van der Waals surface area contributed by atoms with Crippen LogP contribution in [0.2, 0.25) is 0 Å². The lowest BCUT2D eigenvalue weighted by atomic mass is 10.3. The maximum atomic E-state index is 4.08. The summed E-state index contributed by atoms with van der Waals surface area (Å²) in [5.41, 5.74) is 0. The van der Waals surface area contributed by atoms with Gasteiger partial charge in [-0.05, 0) is 18.6 Å². The summed E-state index contributed by atoms with van der Waals surface area (Å²) in [6, 6.07) is 6.66. The van der Waals surface area contributed by atoms with E-state index in [9.17, 15) is 0 Å². The van der Waals surface area contributed by atoms with Gasteiger partial charge >= 0.3 is 0 Å². The molecule has 0 aromatic carbocycles. The van der Waals surface area contributed by atoms with Gasteiger partial charge in [0.2, 0.25) is 0 Å². The Morgan fingerprint density at radius 2 is 2.55 bits per heavy atom. The fraction of sp³-hybridized carbons (Fsp3) is 0.444. The average molecular weight is 149 g/mol. The molecule has 0 aliphatic rings. The number of hydrogen-bond donors (Lipinski definition) is 1. The van der Waals surface area contributed by atoms with Crippen molar-refractivity contribution in [2.45, 2.75) is 19.8 Å². The minimum absolute atomic E-state index is 0.942. The van der Waals surface area contributed by atoms with Gasteiger partial charge in [0.05, 0.1) is 0 Å². The van der Waals surface area contributed by atoms with Crippen molar-refractivity contribution in [3.8, 4) is 0 Å². The lowest BCUT2D eigenvalue weighted by Crippen LogP contribution is -2.01. The van der Waals surface area contributed by atoms with E-state index in [-0.39, 0.29) is 0 Å². The second-order valence-electron chi connectivity index (χ2n) is 2.42. The summed E-state index contributed by atoms with van der Waals surface area (Å²) in [4.78, 5) is 4.08. The summed E-state index contributed by atoms with van der Waals surface area (Å²) < 4.78 is 0. The van der Waals surface area contributed by atoms with Crippen molar-refractivity contribution in [2.24, 2.45) is 0 Å². The van der Waals surface area contributed by atoms with Crippen molar-refractivity contribution in [3.05, 3.63) is 24.4 Å². The van der Waals surface area contributed by atoms with E-state index in [1.54, 1.807) is 6.20 Å². The van der Waals surface area contributed by atoms with Crippen molar-refractivity contribution in [3.63, 3.8) is 0 Å². The quantitative estimate of drug-likeness (QED) is 0.663. The summed E-state index contributed by atoms with van der Waals surface area (Å²) in [7, 11) is 0. The molecule has 2 nitrogen and oxygen atoms in total. The first-order valence-electron chi connectivity index (χ1n) is 3.99. The van der Waals surface area contributed by atoms with Gasteiger partial charge in [-0.15, -0.1) is 0 Å². The van der Waals surface area contributed by atoms with Crippen LogP contribution in [-0.2, 0) is 0 Å². The molecule has 0 aliphatic heterocycles. The summed E-state index contributed by atoms with van der Waals surface area (Å²) in [6.45, 7) is 3.18. The Hall–Kier alpha value is -1.05. The highest BCUT2D eigenvalue weighted by atomic mass is 15.0. The van der Waals surface area contributed by atoms with Crippen LogP contribution in [0.15, 0.2) is 18.3 Å². The van der Waals surface area contributed by atoms with E-state index in [4.69, 9.17) is 0 Å². The van der Waals surface area contributed by atoms with Crippen LogP contribution in [0.25, 0.3) is 0 Å². The highest BCUT2D eigenvalue weighted by molar-refractivity contribution is 5.32. The smallest absolute Gasteiger partial charge is 0.125 e. The number of anilines is 1. The fourth-order valence-corrected chi connectivity index (χ4v) is 0.818. The first kappa shape index (κ1) is 8.05. The van der Waals surface area contributed by atoms with Crippen LogP contribution in [-0.4, -0.2) is 11.5 Å². The normalized spacial score (nSPS) is 9.55. The van der Waals surface area contributed by atoms with Gasteiger partial charge in [0.15, 0.2) is 0 Å². The van der Waals surface area contributed by atoms with Crippen LogP contribution in [0.3, 0.4) is 0 Å². The van der Waals surface area contributed by atoms with Gasteiger partial charge < -0.3 is 5.32 Å². The largest absolute Gasteiger partial charge is 0.370 e. The molecule has 0 fully saturated rings. The zero-order valence-corrected chi connectivity index (χ0v) is 6.80. The van der Waals surface area contributed by atoms with Crippen LogP contribution in [0, 0.1) is 6.07 Å². The summed E-state index contributed by atoms with van der Waals surface area (Å²) >= 11 is 0. The third-order valence-corrected chi connectivity index (χ3v) is 1.45. The van der Waals surface area contributed by atoms with Gasteiger partial charge in [0.25, 0.3) is 0 Å². The van der Waals surface area contributed by atoms with E-state index in [0.29, 0.717) is 0 Å². The molecule has 0 atom stereocenters. The fourth-order valence-electron chi connectivity index (χ4n) is 0.818. The molecule has 0 saturated carbocycles. The Bertz CT molecular complexity index is 184. The number of rotatable bonds is 4. The molecule has 11 heavy (non-hydrogen) atoms. The molecule has 1 radical (unpaired) electrons. The van der Waals surface area contributed by atoms with Crippen molar-refractivity contribution >= 4 is 5.82 Å². The third kappa shape index (κ3) is 3.03. The van der Waals surface area contributed by atoms with Crippen molar-refractivity contribution in [2.75, 3.05) is 11.9 Å². The van der Waals surface area contributed by atoms with Gasteiger partial charge in [0.1, 0.15) is 5.82 Å². The van der Waals surface area contributed by atoms with E-state index in [2.05, 4.69) is 23.3 Å². The van der Waals surface area contributed by atoms with E-state index in [1.165, 1.54) is 12.8 Å². The number of hydrogen-bond acceptors (Lipinski definition) is 2. The molecular formula is C9H13N2. The molecule has 59 valence electrons. The Balaban J connectivity index is 2.28. The minimum atomic E-state index is 0.942. The second kappa shape index (κ2) is 4.72. The Labute approximate surface area is 67.7 Å². The van der Waals surface area contributed by atoms with Crippen molar-refractivity contribution in [1.82, 2.24) is 4.98 Å². The Morgan fingerprint density at radius 1 is 1.64 bits per heavy atom. The molecule has 1 N–H and O–H groups in total. The van der Waals surface area contributed by atoms with Crippen LogP contribution >= 0.6 is 0 Å². The SMILES string of the molecule is CCCCNc1cc[c]cn1. The van der Waals surface area contributed by atoms with Gasteiger partial charge in [-0.2, -0.15) is 0 Å². The maximum Gasteiger partial charge on any atom is 0.125 e. The van der Waals surface area contributed by atoms with Crippen molar-refractivity contribution < 1.29 is 0 Å². The zero-order valence-electron chi connectivity index (χ0n) is 6.80.